The Morgan fingerprint density at radius 3 is 1.76 bits per heavy atom. The van der Waals surface area contributed by atoms with Gasteiger partial charge in [-0.05, 0) is 20.3 Å². The van der Waals surface area contributed by atoms with E-state index in [9.17, 15) is 0 Å². The van der Waals surface area contributed by atoms with Gasteiger partial charge in [0.25, 0.3) is 6.48 Å². The standard InChI is InChI=1S/C6H14O.C5H12O3.O.Ti/c1-2-3-4-5-6-7;1-3-7-5(6)8-4-2;;/h7H,2-6H2,1H3;5-6H,3-4H2,1-2H3;;. The predicted octanol–water partition coefficient (Wildman–Crippen LogP) is 1.77. The van der Waals surface area contributed by atoms with Crippen LogP contribution in [-0.2, 0) is 33.2 Å². The van der Waals surface area contributed by atoms with Crippen LogP contribution >= 0.6 is 0 Å². The van der Waals surface area contributed by atoms with Gasteiger partial charge in [0.15, 0.2) is 0 Å². The van der Waals surface area contributed by atoms with E-state index in [2.05, 4.69) is 16.4 Å². The van der Waals surface area contributed by atoms with Crippen molar-refractivity contribution in [2.24, 2.45) is 0 Å². The first-order chi connectivity index (χ1) is 8.22. The van der Waals surface area contributed by atoms with Crippen LogP contribution in [0.2, 0.25) is 0 Å². The van der Waals surface area contributed by atoms with Crippen LogP contribution in [0.15, 0.2) is 0 Å². The molecule has 0 spiro atoms. The van der Waals surface area contributed by atoms with Gasteiger partial charge >= 0.3 is 23.7 Å². The molecule has 0 aliphatic carbocycles. The van der Waals surface area contributed by atoms with Gasteiger partial charge < -0.3 is 19.7 Å². The van der Waals surface area contributed by atoms with E-state index in [1.54, 1.807) is 13.8 Å². The van der Waals surface area contributed by atoms with Crippen molar-refractivity contribution in [3.63, 3.8) is 0 Å². The quantitative estimate of drug-likeness (QED) is 0.404. The van der Waals surface area contributed by atoms with Crippen molar-refractivity contribution < 1.29 is 43.4 Å². The van der Waals surface area contributed by atoms with E-state index in [-0.39, 0.29) is 0 Å². The average molecular weight is 286 g/mol. The van der Waals surface area contributed by atoms with E-state index in [0.717, 1.165) is 26.8 Å². The summed E-state index contributed by atoms with van der Waals surface area (Å²) in [6.07, 6.45) is 4.68. The number of aliphatic hydroxyl groups excluding tert-OH is 2. The molecule has 0 saturated heterocycles. The Morgan fingerprint density at radius 1 is 1.00 bits per heavy atom. The molecule has 0 unspecified atom stereocenters. The third kappa shape index (κ3) is 31.4. The second-order valence-electron chi connectivity index (χ2n) is 3.00. The van der Waals surface area contributed by atoms with Crippen LogP contribution < -0.4 is 0 Å². The molecule has 0 aliphatic rings. The monoisotopic (exact) mass is 286 g/mol. The molecular formula is C11H26O5Ti. The molecule has 0 heterocycles. The predicted molar refractivity (Wildman–Crippen MR) is 61.2 cm³/mol. The Kier molecular flexibility index (Phi) is 33.5. The number of unbranched alkanes of at least 4 members (excludes halogenated alkanes) is 3. The van der Waals surface area contributed by atoms with Crippen LogP contribution in [0.3, 0.4) is 0 Å². The Balaban J connectivity index is -0.000000202. The van der Waals surface area contributed by atoms with Gasteiger partial charge in [0.2, 0.25) is 0 Å². The number of ether oxygens (including phenoxy) is 2. The van der Waals surface area contributed by atoms with E-state index in [1.807, 2.05) is 0 Å². The maximum absolute atomic E-state index is 8.60. The van der Waals surface area contributed by atoms with Crippen molar-refractivity contribution in [3.8, 4) is 0 Å². The molecule has 0 radical (unpaired) electrons. The molecule has 0 aromatic carbocycles. The summed E-state index contributed by atoms with van der Waals surface area (Å²) in [4.78, 5) is 0. The summed E-state index contributed by atoms with van der Waals surface area (Å²) in [6.45, 7) is 6.02. The van der Waals surface area contributed by atoms with Gasteiger partial charge in [-0.1, -0.05) is 26.2 Å². The van der Waals surface area contributed by atoms with Crippen LogP contribution in [-0.4, -0.2) is 36.5 Å². The summed E-state index contributed by atoms with van der Waals surface area (Å²) < 4.78 is 17.5. The molecule has 104 valence electrons. The van der Waals surface area contributed by atoms with Gasteiger partial charge in [0.1, 0.15) is 0 Å². The third-order valence-electron chi connectivity index (χ3n) is 1.63. The van der Waals surface area contributed by atoms with Crippen LogP contribution in [0.1, 0.15) is 46.5 Å². The number of hydrogen-bond donors (Lipinski definition) is 2. The summed E-state index contributed by atoms with van der Waals surface area (Å²) >= 11 is 0.750. The molecule has 0 bridgehead atoms. The van der Waals surface area contributed by atoms with Crippen molar-refractivity contribution in [1.82, 2.24) is 0 Å². The van der Waals surface area contributed by atoms with Gasteiger partial charge in [0, 0.05) is 19.8 Å². The molecule has 0 fully saturated rings. The molecule has 0 saturated carbocycles. The molecule has 2 N–H and O–H groups in total. The Hall–Kier alpha value is 0.354. The fourth-order valence-electron chi connectivity index (χ4n) is 0.872. The van der Waals surface area contributed by atoms with Crippen LogP contribution in [0, 0.1) is 0 Å². The first-order valence-electron chi connectivity index (χ1n) is 5.95. The molecule has 6 heteroatoms. The van der Waals surface area contributed by atoms with E-state index >= 15 is 0 Å². The first-order valence-corrected chi connectivity index (χ1v) is 6.59. The molecular weight excluding hydrogens is 260 g/mol. The number of hydrogen-bond acceptors (Lipinski definition) is 5. The summed E-state index contributed by atoms with van der Waals surface area (Å²) in [5.41, 5.74) is 0. The molecule has 0 aliphatic heterocycles. The molecule has 0 aromatic rings. The van der Waals surface area contributed by atoms with E-state index < -0.39 is 6.48 Å². The summed E-state index contributed by atoms with van der Waals surface area (Å²) in [6, 6.07) is 0. The van der Waals surface area contributed by atoms with Crippen molar-refractivity contribution in [1.29, 1.82) is 0 Å². The topological polar surface area (TPSA) is 76.0 Å². The Labute approximate surface area is 116 Å². The minimum absolute atomic E-state index is 0.361. The van der Waals surface area contributed by atoms with Gasteiger partial charge in [-0.3, -0.25) is 0 Å². The Morgan fingerprint density at radius 2 is 1.47 bits per heavy atom. The molecule has 0 amide bonds. The zero-order valence-corrected chi connectivity index (χ0v) is 12.7. The number of aliphatic hydroxyl groups is 2. The first kappa shape index (κ1) is 22.5. The maximum atomic E-state index is 8.60. The van der Waals surface area contributed by atoms with E-state index in [4.69, 9.17) is 13.5 Å². The van der Waals surface area contributed by atoms with Gasteiger partial charge in [0.05, 0.1) is 0 Å². The molecule has 0 aromatic heterocycles. The van der Waals surface area contributed by atoms with Gasteiger partial charge in [-0.15, -0.1) is 0 Å². The minimum atomic E-state index is -1.04. The normalized spacial score (nSPS) is 9.00. The van der Waals surface area contributed by atoms with Crippen molar-refractivity contribution in [3.05, 3.63) is 0 Å². The van der Waals surface area contributed by atoms with Crippen LogP contribution in [0.4, 0.5) is 0 Å². The SMILES string of the molecule is CCCCCCO.CCOC(O)OCC.[O]=[Ti]. The zero-order valence-electron chi connectivity index (χ0n) is 11.1. The number of rotatable bonds is 8. The van der Waals surface area contributed by atoms with Gasteiger partial charge in [-0.2, -0.15) is 0 Å². The zero-order chi connectivity index (χ0) is 13.9. The summed E-state index contributed by atoms with van der Waals surface area (Å²) in [5.74, 6) is 0. The third-order valence-corrected chi connectivity index (χ3v) is 1.63. The summed E-state index contributed by atoms with van der Waals surface area (Å²) in [5, 5.41) is 16.9. The van der Waals surface area contributed by atoms with Crippen LogP contribution in [0.25, 0.3) is 0 Å². The molecule has 0 rings (SSSR count). The fraction of sp³-hybridized carbons (Fsp3) is 1.00. The molecule has 17 heavy (non-hydrogen) atoms. The van der Waals surface area contributed by atoms with Gasteiger partial charge in [-0.25, -0.2) is 0 Å². The average Bonchev–Trinajstić information content (AvgIpc) is 2.34. The summed E-state index contributed by atoms with van der Waals surface area (Å²) in [7, 11) is 0. The second kappa shape index (κ2) is 25.3. The van der Waals surface area contributed by atoms with Crippen molar-refractivity contribution in [2.75, 3.05) is 19.8 Å². The van der Waals surface area contributed by atoms with Crippen LogP contribution in [0.5, 0.6) is 0 Å². The molecule has 0 atom stereocenters. The Bertz CT molecular complexity index is 106. The second-order valence-corrected chi connectivity index (χ2v) is 3.00. The fourth-order valence-corrected chi connectivity index (χ4v) is 0.872. The van der Waals surface area contributed by atoms with Crippen molar-refractivity contribution in [2.45, 2.75) is 52.9 Å². The molecule has 5 nitrogen and oxygen atoms in total. The van der Waals surface area contributed by atoms with E-state index in [1.165, 1.54) is 19.3 Å². The van der Waals surface area contributed by atoms with E-state index in [0.29, 0.717) is 19.8 Å². The van der Waals surface area contributed by atoms with Crippen molar-refractivity contribution >= 4 is 0 Å².